The van der Waals surface area contributed by atoms with Crippen molar-refractivity contribution < 1.29 is 14.3 Å². The van der Waals surface area contributed by atoms with Gasteiger partial charge in [-0.1, -0.05) is 0 Å². The van der Waals surface area contributed by atoms with Gasteiger partial charge in [0.2, 0.25) is 0 Å². The Labute approximate surface area is 144 Å². The molecule has 0 amide bonds. The largest absolute Gasteiger partial charge is 0.466 e. The maximum absolute atomic E-state index is 11.5. The van der Waals surface area contributed by atoms with Crippen molar-refractivity contribution in [3.63, 3.8) is 0 Å². The number of esters is 1. The minimum absolute atomic E-state index is 0.0791. The molecule has 0 aromatic rings. The molecular weight excluding hydrogens is 320 g/mol. The minimum Gasteiger partial charge on any atom is -0.466 e. The van der Waals surface area contributed by atoms with Gasteiger partial charge in [0.15, 0.2) is 0 Å². The lowest BCUT2D eigenvalue weighted by Crippen LogP contribution is -2.16. The van der Waals surface area contributed by atoms with Crippen molar-refractivity contribution in [1.82, 2.24) is 4.90 Å². The van der Waals surface area contributed by atoms with E-state index in [1.807, 2.05) is 25.9 Å². The van der Waals surface area contributed by atoms with Gasteiger partial charge in [0, 0.05) is 30.6 Å². The van der Waals surface area contributed by atoms with E-state index in [9.17, 15) is 4.79 Å². The molecule has 0 atom stereocenters. The predicted octanol–water partition coefficient (Wildman–Crippen LogP) is 2.05. The summed E-state index contributed by atoms with van der Waals surface area (Å²) in [7, 11) is 4.03. The smallest absolute Gasteiger partial charge is 0.306 e. The summed E-state index contributed by atoms with van der Waals surface area (Å²) in [6.07, 6.45) is 3.42. The summed E-state index contributed by atoms with van der Waals surface area (Å²) in [6, 6.07) is 0. The van der Waals surface area contributed by atoms with Crippen LogP contribution in [0, 0.1) is 0 Å². The Morgan fingerprint density at radius 2 is 1.77 bits per heavy atom. The number of hydrogen-bond acceptors (Lipinski definition) is 7. The van der Waals surface area contributed by atoms with Crippen LogP contribution in [0.15, 0.2) is 0 Å². The highest BCUT2D eigenvalue weighted by Gasteiger charge is 2.02. The van der Waals surface area contributed by atoms with Gasteiger partial charge in [-0.05, 0) is 45.7 Å². The van der Waals surface area contributed by atoms with Crippen molar-refractivity contribution in [1.29, 1.82) is 0 Å². The molecule has 0 aliphatic rings. The summed E-state index contributed by atoms with van der Waals surface area (Å²) in [5, 5.41) is 1.02. The zero-order chi connectivity index (χ0) is 16.5. The first-order valence-corrected chi connectivity index (χ1v) is 10.2. The second-order valence-corrected chi connectivity index (χ2v) is 7.75. The highest BCUT2D eigenvalue weighted by molar-refractivity contribution is 8.15. The normalized spacial score (nSPS) is 11.1. The number of carbonyl (C=O) groups excluding carboxylic acids is 1. The number of carbonyl (C=O) groups is 1. The molecule has 2 N–H and O–H groups in total. The van der Waals surface area contributed by atoms with Crippen molar-refractivity contribution in [2.24, 2.45) is 5.73 Å². The number of hydrogen-bond donors (Lipinski definition) is 1. The zero-order valence-electron chi connectivity index (χ0n) is 14.1. The van der Waals surface area contributed by atoms with Gasteiger partial charge in [-0.25, -0.2) is 0 Å². The molecule has 0 saturated heterocycles. The van der Waals surface area contributed by atoms with E-state index in [4.69, 9.17) is 15.2 Å². The predicted molar refractivity (Wildman–Crippen MR) is 97.6 cm³/mol. The Hall–Kier alpha value is 0.0500. The van der Waals surface area contributed by atoms with Crippen LogP contribution in [-0.2, 0) is 14.3 Å². The van der Waals surface area contributed by atoms with Crippen molar-refractivity contribution >= 4 is 29.5 Å². The summed E-state index contributed by atoms with van der Waals surface area (Å²) in [6.45, 7) is 3.77. The second-order valence-electron chi connectivity index (χ2n) is 5.17. The van der Waals surface area contributed by atoms with Gasteiger partial charge >= 0.3 is 5.97 Å². The molecule has 0 aromatic heterocycles. The lowest BCUT2D eigenvalue weighted by Gasteiger charge is -2.09. The van der Waals surface area contributed by atoms with Crippen molar-refractivity contribution in [2.75, 3.05) is 63.6 Å². The highest BCUT2D eigenvalue weighted by atomic mass is 32.2. The molecule has 0 fully saturated rings. The van der Waals surface area contributed by atoms with E-state index >= 15 is 0 Å². The van der Waals surface area contributed by atoms with Crippen LogP contribution in [0.1, 0.15) is 25.7 Å². The molecule has 0 aliphatic carbocycles. The Balaban J connectivity index is 3.14. The molecule has 0 heterocycles. The van der Waals surface area contributed by atoms with Gasteiger partial charge < -0.3 is 20.1 Å². The second kappa shape index (κ2) is 17.4. The molecule has 0 spiro atoms. The lowest BCUT2D eigenvalue weighted by molar-refractivity contribution is -0.143. The molecule has 22 heavy (non-hydrogen) atoms. The standard InChI is InChI=1S/C15H32N2O3S2/c1-17(2)8-4-11-20-15(18)6-13-22-14-21-12-5-10-19-9-3-7-16/h3-14,16H2,1-2H3. The van der Waals surface area contributed by atoms with E-state index in [2.05, 4.69) is 4.90 Å². The van der Waals surface area contributed by atoms with Gasteiger partial charge in [0.25, 0.3) is 0 Å². The summed E-state index contributed by atoms with van der Waals surface area (Å²) >= 11 is 3.69. The van der Waals surface area contributed by atoms with E-state index in [0.29, 0.717) is 19.6 Å². The van der Waals surface area contributed by atoms with Gasteiger partial charge in [0.1, 0.15) is 0 Å². The van der Waals surface area contributed by atoms with E-state index in [0.717, 1.165) is 55.6 Å². The number of thioether (sulfide) groups is 2. The fourth-order valence-electron chi connectivity index (χ4n) is 1.52. The Morgan fingerprint density at radius 3 is 2.50 bits per heavy atom. The molecule has 0 saturated carbocycles. The average Bonchev–Trinajstić information content (AvgIpc) is 2.49. The Kier molecular flexibility index (Phi) is 17.4. The van der Waals surface area contributed by atoms with Crippen molar-refractivity contribution in [3.05, 3.63) is 0 Å². The molecular formula is C15H32N2O3S2. The number of rotatable bonds is 16. The maximum atomic E-state index is 11.5. The first kappa shape index (κ1) is 22.1. The number of ether oxygens (including phenoxy) is 2. The fraction of sp³-hybridized carbons (Fsp3) is 0.933. The Bertz CT molecular complexity index is 257. The van der Waals surface area contributed by atoms with Gasteiger partial charge in [-0.3, -0.25) is 4.79 Å². The van der Waals surface area contributed by atoms with Crippen LogP contribution in [0.3, 0.4) is 0 Å². The number of nitrogens with two attached hydrogens (primary N) is 1. The van der Waals surface area contributed by atoms with Crippen LogP contribution < -0.4 is 5.73 Å². The summed E-state index contributed by atoms with van der Waals surface area (Å²) in [5.41, 5.74) is 5.38. The molecule has 0 bridgehead atoms. The number of nitrogens with zero attached hydrogens (tertiary/aromatic N) is 1. The monoisotopic (exact) mass is 352 g/mol. The quantitative estimate of drug-likeness (QED) is 0.259. The summed E-state index contributed by atoms with van der Waals surface area (Å²) in [4.78, 5) is 13.6. The van der Waals surface area contributed by atoms with E-state index < -0.39 is 0 Å². The first-order chi connectivity index (χ1) is 10.7. The third-order valence-corrected chi connectivity index (χ3v) is 5.10. The van der Waals surface area contributed by atoms with Gasteiger partial charge in [-0.15, -0.1) is 0 Å². The maximum Gasteiger partial charge on any atom is 0.306 e. The first-order valence-electron chi connectivity index (χ1n) is 7.90. The topological polar surface area (TPSA) is 64.8 Å². The molecule has 5 nitrogen and oxygen atoms in total. The van der Waals surface area contributed by atoms with Gasteiger partial charge in [0.05, 0.1) is 13.0 Å². The fourth-order valence-corrected chi connectivity index (χ4v) is 3.57. The third-order valence-electron chi connectivity index (χ3n) is 2.70. The average molecular weight is 353 g/mol. The summed E-state index contributed by atoms with van der Waals surface area (Å²) in [5.74, 6) is 1.86. The molecule has 0 rings (SSSR count). The molecule has 132 valence electrons. The van der Waals surface area contributed by atoms with Crippen LogP contribution in [0.25, 0.3) is 0 Å². The molecule has 0 aromatic carbocycles. The zero-order valence-corrected chi connectivity index (χ0v) is 15.7. The van der Waals surface area contributed by atoms with Crippen molar-refractivity contribution in [3.8, 4) is 0 Å². The highest BCUT2D eigenvalue weighted by Crippen LogP contribution is 2.14. The van der Waals surface area contributed by atoms with Crippen LogP contribution in [0.2, 0.25) is 0 Å². The molecule has 7 heteroatoms. The van der Waals surface area contributed by atoms with Crippen molar-refractivity contribution in [2.45, 2.75) is 25.7 Å². The van der Waals surface area contributed by atoms with Crippen LogP contribution in [0.4, 0.5) is 0 Å². The van der Waals surface area contributed by atoms with E-state index in [-0.39, 0.29) is 5.97 Å². The molecule has 0 radical (unpaired) electrons. The van der Waals surface area contributed by atoms with Crippen LogP contribution >= 0.6 is 23.5 Å². The minimum atomic E-state index is -0.0791. The lowest BCUT2D eigenvalue weighted by atomic mass is 10.4. The van der Waals surface area contributed by atoms with Gasteiger partial charge in [-0.2, -0.15) is 23.5 Å². The van der Waals surface area contributed by atoms with Crippen LogP contribution in [-0.4, -0.2) is 74.5 Å². The third kappa shape index (κ3) is 18.1. The van der Waals surface area contributed by atoms with E-state index in [1.165, 1.54) is 0 Å². The molecule has 0 unspecified atom stereocenters. The van der Waals surface area contributed by atoms with Crippen LogP contribution in [0.5, 0.6) is 0 Å². The summed E-state index contributed by atoms with van der Waals surface area (Å²) < 4.78 is 10.6. The molecule has 0 aliphatic heterocycles. The Morgan fingerprint density at radius 1 is 1.05 bits per heavy atom. The van der Waals surface area contributed by atoms with E-state index in [1.54, 1.807) is 11.8 Å². The SMILES string of the molecule is CN(C)CCCOC(=O)CCSCSCCCOCCCN.